The summed E-state index contributed by atoms with van der Waals surface area (Å²) in [5.41, 5.74) is 2.60. The van der Waals surface area contributed by atoms with Crippen LogP contribution in [0.25, 0.3) is 0 Å². The summed E-state index contributed by atoms with van der Waals surface area (Å²) in [6.07, 6.45) is 4.41. The molecule has 0 aromatic heterocycles. The van der Waals surface area contributed by atoms with Gasteiger partial charge in [0.1, 0.15) is 29.2 Å². The largest absolute Gasteiger partial charge is 0.507 e. The molecule has 6 heteroatoms. The molecule has 0 bridgehead atoms. The molecular weight excluding hydrogens is 480 g/mol. The van der Waals surface area contributed by atoms with E-state index in [4.69, 9.17) is 9.47 Å². The molecule has 0 spiro atoms. The van der Waals surface area contributed by atoms with Gasteiger partial charge in [0.15, 0.2) is 0 Å². The van der Waals surface area contributed by atoms with Gasteiger partial charge in [0, 0.05) is 0 Å². The SMILES string of the molecule is CC(C)c1ccc(COC(=O)c2ccccc2O)cc1.CCCCC(CC)COC(=O)c1ccccc1O. The third kappa shape index (κ3) is 9.92. The van der Waals surface area contributed by atoms with Crippen molar-refractivity contribution < 1.29 is 29.3 Å². The molecule has 0 aliphatic carbocycles. The maximum absolute atomic E-state index is 11.8. The molecule has 0 radical (unpaired) electrons. The molecule has 0 aliphatic rings. The monoisotopic (exact) mass is 520 g/mol. The Bertz CT molecular complexity index is 1140. The van der Waals surface area contributed by atoms with Gasteiger partial charge in [-0.1, -0.05) is 95.5 Å². The number of ether oxygens (including phenoxy) is 2. The minimum absolute atomic E-state index is 0.0240. The molecular formula is C32H40O6. The number of esters is 2. The van der Waals surface area contributed by atoms with Crippen LogP contribution in [-0.2, 0) is 16.1 Å². The van der Waals surface area contributed by atoms with Crippen LogP contribution >= 0.6 is 0 Å². The molecule has 2 N–H and O–H groups in total. The van der Waals surface area contributed by atoms with E-state index in [0.29, 0.717) is 18.4 Å². The number of phenolic OH excluding ortho intramolecular Hbond substituents is 2. The third-order valence-corrected chi connectivity index (χ3v) is 6.26. The first kappa shape index (κ1) is 30.4. The van der Waals surface area contributed by atoms with Crippen molar-refractivity contribution in [1.82, 2.24) is 0 Å². The summed E-state index contributed by atoms with van der Waals surface area (Å²) in [5, 5.41) is 19.1. The fourth-order valence-corrected chi connectivity index (χ4v) is 3.69. The zero-order chi connectivity index (χ0) is 27.9. The van der Waals surface area contributed by atoms with E-state index < -0.39 is 11.9 Å². The molecule has 204 valence electrons. The predicted octanol–water partition coefficient (Wildman–Crippen LogP) is 7.64. The van der Waals surface area contributed by atoms with Crippen LogP contribution < -0.4 is 0 Å². The highest BCUT2D eigenvalue weighted by Gasteiger charge is 2.14. The minimum atomic E-state index is -0.518. The molecule has 0 heterocycles. The highest BCUT2D eigenvalue weighted by atomic mass is 16.5. The minimum Gasteiger partial charge on any atom is -0.507 e. The van der Waals surface area contributed by atoms with Crippen molar-refractivity contribution in [2.75, 3.05) is 6.61 Å². The molecule has 3 aromatic rings. The second kappa shape index (κ2) is 16.1. The molecule has 0 saturated carbocycles. The first-order valence-corrected chi connectivity index (χ1v) is 13.3. The summed E-state index contributed by atoms with van der Waals surface area (Å²) in [5.74, 6) is -0.150. The smallest absolute Gasteiger partial charge is 0.342 e. The van der Waals surface area contributed by atoms with E-state index in [1.54, 1.807) is 36.4 Å². The van der Waals surface area contributed by atoms with Crippen LogP contribution in [-0.4, -0.2) is 28.8 Å². The van der Waals surface area contributed by atoms with E-state index in [9.17, 15) is 19.8 Å². The van der Waals surface area contributed by atoms with E-state index in [1.807, 2.05) is 24.3 Å². The molecule has 38 heavy (non-hydrogen) atoms. The van der Waals surface area contributed by atoms with Crippen molar-refractivity contribution in [2.45, 2.75) is 65.9 Å². The Morgan fingerprint density at radius 2 is 1.29 bits per heavy atom. The van der Waals surface area contributed by atoms with Crippen molar-refractivity contribution in [3.8, 4) is 11.5 Å². The molecule has 1 atom stereocenters. The molecule has 1 unspecified atom stereocenters. The van der Waals surface area contributed by atoms with Gasteiger partial charge in [0.2, 0.25) is 0 Å². The van der Waals surface area contributed by atoms with E-state index in [1.165, 1.54) is 17.7 Å². The summed E-state index contributed by atoms with van der Waals surface area (Å²) in [6.45, 7) is 9.16. The molecule has 3 aromatic carbocycles. The van der Waals surface area contributed by atoms with Crippen LogP contribution in [0.2, 0.25) is 0 Å². The maximum atomic E-state index is 11.8. The molecule has 3 rings (SSSR count). The van der Waals surface area contributed by atoms with Gasteiger partial charge < -0.3 is 19.7 Å². The number of hydrogen-bond acceptors (Lipinski definition) is 6. The Morgan fingerprint density at radius 1 is 0.763 bits per heavy atom. The Labute approximate surface area is 226 Å². The summed E-state index contributed by atoms with van der Waals surface area (Å²) in [4.78, 5) is 23.6. The number of benzene rings is 3. The van der Waals surface area contributed by atoms with Crippen molar-refractivity contribution in [1.29, 1.82) is 0 Å². The fourth-order valence-electron chi connectivity index (χ4n) is 3.69. The number of rotatable bonds is 11. The lowest BCUT2D eigenvalue weighted by atomic mass is 10.0. The van der Waals surface area contributed by atoms with Crippen LogP contribution in [0.5, 0.6) is 11.5 Å². The van der Waals surface area contributed by atoms with E-state index in [0.717, 1.165) is 31.2 Å². The topological polar surface area (TPSA) is 93.1 Å². The van der Waals surface area contributed by atoms with Gasteiger partial charge in [-0.05, 0) is 53.6 Å². The summed E-state index contributed by atoms with van der Waals surface area (Å²) in [7, 11) is 0. The second-order valence-electron chi connectivity index (χ2n) is 9.52. The van der Waals surface area contributed by atoms with E-state index >= 15 is 0 Å². The Hall–Kier alpha value is -3.80. The van der Waals surface area contributed by atoms with E-state index in [2.05, 4.69) is 27.7 Å². The molecule has 0 aliphatic heterocycles. The van der Waals surface area contributed by atoms with Crippen LogP contribution in [0.4, 0.5) is 0 Å². The van der Waals surface area contributed by atoms with Crippen LogP contribution in [0, 0.1) is 5.92 Å². The summed E-state index contributed by atoms with van der Waals surface area (Å²) < 4.78 is 10.5. The third-order valence-electron chi connectivity index (χ3n) is 6.26. The highest BCUT2D eigenvalue weighted by Crippen LogP contribution is 2.20. The van der Waals surface area contributed by atoms with Crippen molar-refractivity contribution in [3.05, 3.63) is 95.1 Å². The van der Waals surface area contributed by atoms with Gasteiger partial charge in [0.25, 0.3) is 0 Å². The zero-order valence-corrected chi connectivity index (χ0v) is 22.9. The zero-order valence-electron chi connectivity index (χ0n) is 22.9. The predicted molar refractivity (Wildman–Crippen MR) is 149 cm³/mol. The molecule has 0 amide bonds. The number of hydrogen-bond donors (Lipinski definition) is 2. The first-order chi connectivity index (χ1) is 18.3. The Balaban J connectivity index is 0.000000269. The van der Waals surface area contributed by atoms with Crippen molar-refractivity contribution >= 4 is 11.9 Å². The van der Waals surface area contributed by atoms with Crippen molar-refractivity contribution in [2.24, 2.45) is 5.92 Å². The van der Waals surface area contributed by atoms with Crippen LogP contribution in [0.1, 0.15) is 91.1 Å². The number of carbonyl (C=O) groups excluding carboxylic acids is 2. The first-order valence-electron chi connectivity index (χ1n) is 13.3. The molecule has 6 nitrogen and oxygen atoms in total. The van der Waals surface area contributed by atoms with Gasteiger partial charge in [-0.3, -0.25) is 0 Å². The number of aromatic hydroxyl groups is 2. The lowest BCUT2D eigenvalue weighted by Crippen LogP contribution is -2.14. The van der Waals surface area contributed by atoms with Gasteiger partial charge in [-0.15, -0.1) is 0 Å². The normalized spacial score (nSPS) is 11.3. The number of phenols is 2. The van der Waals surface area contributed by atoms with Crippen LogP contribution in [0.15, 0.2) is 72.8 Å². The lowest BCUT2D eigenvalue weighted by Gasteiger charge is -2.14. The summed E-state index contributed by atoms with van der Waals surface area (Å²) in [6, 6.07) is 20.8. The number of carbonyl (C=O) groups is 2. The summed E-state index contributed by atoms with van der Waals surface area (Å²) >= 11 is 0. The van der Waals surface area contributed by atoms with Crippen molar-refractivity contribution in [3.63, 3.8) is 0 Å². The average Bonchev–Trinajstić information content (AvgIpc) is 2.92. The standard InChI is InChI=1S/C17H18O3.C15H22O3/c1-12(2)14-9-7-13(8-10-14)11-20-17(19)15-5-3-4-6-16(15)18;1-3-5-8-12(4-2)11-18-15(17)13-9-6-7-10-14(13)16/h3-10,12,18H,11H2,1-2H3;6-7,9-10,12,16H,3-5,8,11H2,1-2H3. The molecule has 0 fully saturated rings. The van der Waals surface area contributed by atoms with Gasteiger partial charge in [-0.25, -0.2) is 9.59 Å². The number of para-hydroxylation sites is 2. The Morgan fingerprint density at radius 3 is 1.76 bits per heavy atom. The molecule has 0 saturated heterocycles. The quantitative estimate of drug-likeness (QED) is 0.252. The van der Waals surface area contributed by atoms with Crippen LogP contribution in [0.3, 0.4) is 0 Å². The second-order valence-corrected chi connectivity index (χ2v) is 9.52. The maximum Gasteiger partial charge on any atom is 0.342 e. The Kier molecular flexibility index (Phi) is 12.9. The number of unbranched alkanes of at least 4 members (excludes halogenated alkanes) is 1. The van der Waals surface area contributed by atoms with Gasteiger partial charge in [-0.2, -0.15) is 0 Å². The lowest BCUT2D eigenvalue weighted by molar-refractivity contribution is 0.0423. The fraction of sp³-hybridized carbons (Fsp3) is 0.375. The van der Waals surface area contributed by atoms with Gasteiger partial charge >= 0.3 is 11.9 Å². The highest BCUT2D eigenvalue weighted by molar-refractivity contribution is 5.92. The average molecular weight is 521 g/mol. The van der Waals surface area contributed by atoms with E-state index in [-0.39, 0.29) is 29.2 Å². The van der Waals surface area contributed by atoms with Gasteiger partial charge in [0.05, 0.1) is 6.61 Å².